The van der Waals surface area contributed by atoms with Crippen molar-refractivity contribution in [3.05, 3.63) is 29.6 Å². The summed E-state index contributed by atoms with van der Waals surface area (Å²) in [6.07, 6.45) is 2.70. The van der Waals surface area contributed by atoms with Crippen molar-refractivity contribution in [3.63, 3.8) is 0 Å². The summed E-state index contributed by atoms with van der Waals surface area (Å²) in [6, 6.07) is 5.67. The van der Waals surface area contributed by atoms with Gasteiger partial charge in [-0.05, 0) is 31.9 Å². The summed E-state index contributed by atoms with van der Waals surface area (Å²) in [5, 5.41) is 11.9. The van der Waals surface area contributed by atoms with Crippen LogP contribution in [0.3, 0.4) is 0 Å². The summed E-state index contributed by atoms with van der Waals surface area (Å²) >= 11 is 0. The number of nitrogens with one attached hydrogen (secondary N) is 1. The van der Waals surface area contributed by atoms with Crippen LogP contribution in [0.5, 0.6) is 0 Å². The molecule has 1 rings (SSSR count). The molecule has 0 aliphatic rings. The summed E-state index contributed by atoms with van der Waals surface area (Å²) < 4.78 is 0. The topological polar surface area (TPSA) is 65.8 Å². The molecule has 4 nitrogen and oxygen atoms in total. The molecule has 0 spiro atoms. The van der Waals surface area contributed by atoms with E-state index >= 15 is 0 Å². The summed E-state index contributed by atoms with van der Waals surface area (Å²) in [4.78, 5) is 16.0. The van der Waals surface area contributed by atoms with Crippen LogP contribution in [0.4, 0.5) is 0 Å². The van der Waals surface area contributed by atoms with Crippen molar-refractivity contribution in [2.45, 2.75) is 39.2 Å². The molecular formula is C13H17N3O. The fraction of sp³-hybridized carbons (Fsp3) is 0.462. The number of aromatic nitrogens is 1. The number of aryl methyl sites for hydroxylation is 1. The number of hydrogen-bond donors (Lipinski definition) is 1. The third-order valence-electron chi connectivity index (χ3n) is 2.95. The number of nitriles is 1. The number of rotatable bonds is 4. The van der Waals surface area contributed by atoms with Gasteiger partial charge in [0.05, 0.1) is 11.6 Å². The zero-order valence-corrected chi connectivity index (χ0v) is 10.4. The molecule has 0 unspecified atom stereocenters. The van der Waals surface area contributed by atoms with Crippen LogP contribution in [-0.2, 0) is 0 Å². The molecule has 1 N–H and O–H groups in total. The molecule has 4 heteroatoms. The Hall–Kier alpha value is -1.89. The zero-order chi connectivity index (χ0) is 12.9. The van der Waals surface area contributed by atoms with Crippen LogP contribution < -0.4 is 5.32 Å². The van der Waals surface area contributed by atoms with E-state index in [1.54, 1.807) is 12.1 Å². The van der Waals surface area contributed by atoms with Gasteiger partial charge in [0.15, 0.2) is 0 Å². The van der Waals surface area contributed by atoms with Gasteiger partial charge in [-0.1, -0.05) is 13.8 Å². The summed E-state index contributed by atoms with van der Waals surface area (Å²) in [5.41, 5.74) is 0.568. The second-order valence-electron chi connectivity index (χ2n) is 4.04. The van der Waals surface area contributed by atoms with Crippen molar-refractivity contribution in [2.24, 2.45) is 0 Å². The quantitative estimate of drug-likeness (QED) is 0.863. The van der Waals surface area contributed by atoms with Crippen molar-refractivity contribution in [1.82, 2.24) is 10.3 Å². The molecule has 0 aromatic carbocycles. The van der Waals surface area contributed by atoms with E-state index in [0.29, 0.717) is 18.4 Å². The first kappa shape index (κ1) is 13.2. The maximum atomic E-state index is 11.9. The fourth-order valence-electron chi connectivity index (χ4n) is 1.50. The molecule has 0 fully saturated rings. The minimum atomic E-state index is -0.776. The average molecular weight is 231 g/mol. The monoisotopic (exact) mass is 231 g/mol. The highest BCUT2D eigenvalue weighted by Crippen LogP contribution is 2.14. The van der Waals surface area contributed by atoms with Gasteiger partial charge in [0, 0.05) is 11.9 Å². The summed E-state index contributed by atoms with van der Waals surface area (Å²) in [5.74, 6) is -0.247. The minimum absolute atomic E-state index is 0.247. The Balaban J connectivity index is 2.85. The Morgan fingerprint density at radius 1 is 1.47 bits per heavy atom. The molecular weight excluding hydrogens is 214 g/mol. The minimum Gasteiger partial charge on any atom is -0.334 e. The first-order valence-corrected chi connectivity index (χ1v) is 5.73. The Morgan fingerprint density at radius 3 is 2.53 bits per heavy atom. The van der Waals surface area contributed by atoms with Crippen LogP contribution >= 0.6 is 0 Å². The SMILES string of the molecule is CCC(C#N)(CC)NC(=O)c1ccc(C)nc1. The standard InChI is InChI=1S/C13H17N3O/c1-4-13(5-2,9-14)16-12(17)11-7-6-10(3)15-8-11/h6-8H,4-5H2,1-3H3,(H,16,17). The highest BCUT2D eigenvalue weighted by molar-refractivity contribution is 5.94. The number of hydrogen-bond acceptors (Lipinski definition) is 3. The van der Waals surface area contributed by atoms with Gasteiger partial charge in [0.2, 0.25) is 0 Å². The lowest BCUT2D eigenvalue weighted by Crippen LogP contribution is -2.46. The Morgan fingerprint density at radius 2 is 2.12 bits per heavy atom. The molecule has 0 bridgehead atoms. The van der Waals surface area contributed by atoms with E-state index in [2.05, 4.69) is 16.4 Å². The van der Waals surface area contributed by atoms with E-state index < -0.39 is 5.54 Å². The average Bonchev–Trinajstić information content (AvgIpc) is 2.37. The highest BCUT2D eigenvalue weighted by atomic mass is 16.1. The largest absolute Gasteiger partial charge is 0.334 e. The second kappa shape index (κ2) is 5.44. The van der Waals surface area contributed by atoms with Crippen LogP contribution in [0.25, 0.3) is 0 Å². The van der Waals surface area contributed by atoms with Gasteiger partial charge in [-0.3, -0.25) is 9.78 Å². The molecule has 1 amide bonds. The second-order valence-corrected chi connectivity index (χ2v) is 4.04. The number of nitrogens with zero attached hydrogens (tertiary/aromatic N) is 2. The van der Waals surface area contributed by atoms with E-state index in [0.717, 1.165) is 5.69 Å². The lowest BCUT2D eigenvalue weighted by molar-refractivity contribution is 0.0915. The van der Waals surface area contributed by atoms with Crippen LogP contribution in [0, 0.1) is 18.3 Å². The van der Waals surface area contributed by atoms with E-state index in [4.69, 9.17) is 5.26 Å². The van der Waals surface area contributed by atoms with Gasteiger partial charge in [0.25, 0.3) is 5.91 Å². The Kier molecular flexibility index (Phi) is 4.22. The molecule has 0 atom stereocenters. The van der Waals surface area contributed by atoms with Gasteiger partial charge in [-0.15, -0.1) is 0 Å². The third-order valence-corrected chi connectivity index (χ3v) is 2.95. The summed E-state index contributed by atoms with van der Waals surface area (Å²) in [7, 11) is 0. The van der Waals surface area contributed by atoms with E-state index in [1.165, 1.54) is 6.20 Å². The van der Waals surface area contributed by atoms with Crippen molar-refractivity contribution in [1.29, 1.82) is 5.26 Å². The predicted molar refractivity (Wildman–Crippen MR) is 65.4 cm³/mol. The zero-order valence-electron chi connectivity index (χ0n) is 10.4. The summed E-state index contributed by atoms with van der Waals surface area (Å²) in [6.45, 7) is 5.64. The van der Waals surface area contributed by atoms with Gasteiger partial charge in [-0.2, -0.15) is 5.26 Å². The lowest BCUT2D eigenvalue weighted by Gasteiger charge is -2.24. The number of pyridine rings is 1. The molecule has 1 aromatic heterocycles. The van der Waals surface area contributed by atoms with Crippen LogP contribution in [0.2, 0.25) is 0 Å². The molecule has 1 heterocycles. The molecule has 0 radical (unpaired) electrons. The maximum absolute atomic E-state index is 11.9. The van der Waals surface area contributed by atoms with Crippen molar-refractivity contribution >= 4 is 5.91 Å². The van der Waals surface area contributed by atoms with Gasteiger partial charge < -0.3 is 5.32 Å². The Bertz CT molecular complexity index is 427. The first-order chi connectivity index (χ1) is 8.06. The first-order valence-electron chi connectivity index (χ1n) is 5.73. The van der Waals surface area contributed by atoms with E-state index in [1.807, 2.05) is 20.8 Å². The van der Waals surface area contributed by atoms with Crippen LogP contribution in [-0.4, -0.2) is 16.4 Å². The van der Waals surface area contributed by atoms with E-state index in [9.17, 15) is 4.79 Å². The number of carbonyl (C=O) groups is 1. The smallest absolute Gasteiger partial charge is 0.254 e. The fourth-order valence-corrected chi connectivity index (χ4v) is 1.50. The molecule has 90 valence electrons. The molecule has 0 saturated carbocycles. The highest BCUT2D eigenvalue weighted by Gasteiger charge is 2.28. The van der Waals surface area contributed by atoms with Crippen molar-refractivity contribution < 1.29 is 4.79 Å². The number of amides is 1. The predicted octanol–water partition coefficient (Wildman–Crippen LogP) is 2.20. The van der Waals surface area contributed by atoms with Crippen molar-refractivity contribution in [3.8, 4) is 6.07 Å². The van der Waals surface area contributed by atoms with Gasteiger partial charge >= 0.3 is 0 Å². The normalized spacial score (nSPS) is 10.7. The third kappa shape index (κ3) is 3.04. The Labute approximate surface area is 102 Å². The van der Waals surface area contributed by atoms with Crippen LogP contribution in [0.15, 0.2) is 18.3 Å². The lowest BCUT2D eigenvalue weighted by atomic mass is 9.94. The number of carbonyl (C=O) groups excluding carboxylic acids is 1. The molecule has 17 heavy (non-hydrogen) atoms. The maximum Gasteiger partial charge on any atom is 0.254 e. The molecule has 1 aromatic rings. The van der Waals surface area contributed by atoms with Gasteiger partial charge in [0.1, 0.15) is 5.54 Å². The molecule has 0 aliphatic heterocycles. The molecule has 0 saturated heterocycles. The van der Waals surface area contributed by atoms with Crippen molar-refractivity contribution in [2.75, 3.05) is 0 Å². The van der Waals surface area contributed by atoms with E-state index in [-0.39, 0.29) is 5.91 Å². The van der Waals surface area contributed by atoms with Crippen LogP contribution in [0.1, 0.15) is 42.7 Å². The van der Waals surface area contributed by atoms with Gasteiger partial charge in [-0.25, -0.2) is 0 Å². The molecule has 0 aliphatic carbocycles.